The molecule has 1 aromatic carbocycles. The molecule has 0 spiro atoms. The first kappa shape index (κ1) is 19.1. The third kappa shape index (κ3) is 3.59. The summed E-state index contributed by atoms with van der Waals surface area (Å²) in [6.07, 6.45) is 3.27. The van der Waals surface area contributed by atoms with E-state index >= 15 is 0 Å². The molecule has 3 rings (SSSR count). The number of carboxylic acids is 1. The Hall–Kier alpha value is -2.70. The SMILES string of the molecule is CC(C)N1C(=O)c2ccc(C(=O)NC[C@@H]3CCCC[C@@H]3C(=O)O)cc2C1=O. The highest BCUT2D eigenvalue weighted by molar-refractivity contribution is 6.22. The third-order valence-corrected chi connectivity index (χ3v) is 5.45. The molecular formula is C20H24N2O5. The lowest BCUT2D eigenvalue weighted by molar-refractivity contribution is -0.144. The van der Waals surface area contributed by atoms with Crippen LogP contribution in [0.2, 0.25) is 0 Å². The zero-order valence-corrected chi connectivity index (χ0v) is 15.5. The molecule has 1 fully saturated rings. The van der Waals surface area contributed by atoms with Crippen LogP contribution in [0, 0.1) is 11.8 Å². The number of rotatable bonds is 5. The van der Waals surface area contributed by atoms with Gasteiger partial charge < -0.3 is 10.4 Å². The molecule has 1 aliphatic carbocycles. The molecule has 0 aromatic heterocycles. The van der Waals surface area contributed by atoms with Crippen molar-refractivity contribution in [3.05, 3.63) is 34.9 Å². The molecule has 2 atom stereocenters. The molecule has 2 N–H and O–H groups in total. The molecule has 1 heterocycles. The molecule has 0 radical (unpaired) electrons. The van der Waals surface area contributed by atoms with Gasteiger partial charge in [-0.2, -0.15) is 0 Å². The lowest BCUT2D eigenvalue weighted by atomic mass is 9.79. The zero-order valence-electron chi connectivity index (χ0n) is 15.5. The zero-order chi connectivity index (χ0) is 19.7. The Bertz CT molecular complexity index is 802. The molecule has 3 amide bonds. The van der Waals surface area contributed by atoms with Gasteiger partial charge in [-0.1, -0.05) is 12.8 Å². The van der Waals surface area contributed by atoms with E-state index in [0.29, 0.717) is 17.5 Å². The maximum Gasteiger partial charge on any atom is 0.306 e. The Morgan fingerprint density at radius 1 is 1.15 bits per heavy atom. The van der Waals surface area contributed by atoms with E-state index in [4.69, 9.17) is 0 Å². The lowest BCUT2D eigenvalue weighted by Crippen LogP contribution is -2.37. The summed E-state index contributed by atoms with van der Waals surface area (Å²) < 4.78 is 0. The number of amides is 3. The Morgan fingerprint density at radius 2 is 1.81 bits per heavy atom. The van der Waals surface area contributed by atoms with Crippen molar-refractivity contribution in [1.29, 1.82) is 0 Å². The molecule has 1 aliphatic heterocycles. The fourth-order valence-electron chi connectivity index (χ4n) is 3.97. The second kappa shape index (κ2) is 7.50. The Morgan fingerprint density at radius 3 is 2.48 bits per heavy atom. The van der Waals surface area contributed by atoms with E-state index in [-0.39, 0.29) is 35.9 Å². The average molecular weight is 372 g/mol. The number of imide groups is 1. The number of aliphatic carboxylic acids is 1. The number of carbonyl (C=O) groups excluding carboxylic acids is 3. The largest absolute Gasteiger partial charge is 0.481 e. The van der Waals surface area contributed by atoms with Crippen molar-refractivity contribution >= 4 is 23.7 Å². The van der Waals surface area contributed by atoms with E-state index < -0.39 is 17.8 Å². The summed E-state index contributed by atoms with van der Waals surface area (Å²) in [5, 5.41) is 12.1. The molecule has 7 heteroatoms. The molecule has 1 saturated carbocycles. The van der Waals surface area contributed by atoms with E-state index in [1.165, 1.54) is 23.1 Å². The van der Waals surface area contributed by atoms with E-state index in [1.807, 2.05) is 0 Å². The maximum absolute atomic E-state index is 12.5. The first-order chi connectivity index (χ1) is 12.8. The topological polar surface area (TPSA) is 104 Å². The number of hydrogen-bond donors (Lipinski definition) is 2. The molecular weight excluding hydrogens is 348 g/mol. The summed E-state index contributed by atoms with van der Waals surface area (Å²) in [6.45, 7) is 3.81. The highest BCUT2D eigenvalue weighted by Gasteiger charge is 2.37. The predicted molar refractivity (Wildman–Crippen MR) is 97.5 cm³/mol. The first-order valence-corrected chi connectivity index (χ1v) is 9.34. The maximum atomic E-state index is 12.5. The lowest BCUT2D eigenvalue weighted by Gasteiger charge is -2.28. The Kier molecular flexibility index (Phi) is 5.30. The standard InChI is InChI=1S/C20H24N2O5/c1-11(2)22-18(24)15-8-7-12(9-16(15)19(22)25)17(23)21-10-13-5-3-4-6-14(13)20(26)27/h7-9,11,13-14H,3-6,10H2,1-2H3,(H,21,23)(H,26,27)/t13-,14-/m0/s1. The second-order valence-corrected chi connectivity index (χ2v) is 7.53. The van der Waals surface area contributed by atoms with Crippen LogP contribution < -0.4 is 5.32 Å². The van der Waals surface area contributed by atoms with Crippen molar-refractivity contribution < 1.29 is 24.3 Å². The van der Waals surface area contributed by atoms with Gasteiger partial charge in [0.05, 0.1) is 17.0 Å². The van der Waals surface area contributed by atoms with Crippen LogP contribution in [0.1, 0.15) is 70.6 Å². The number of nitrogens with one attached hydrogen (secondary N) is 1. The van der Waals surface area contributed by atoms with Gasteiger partial charge >= 0.3 is 5.97 Å². The fraction of sp³-hybridized carbons (Fsp3) is 0.500. The number of fused-ring (bicyclic) bond motifs is 1. The average Bonchev–Trinajstić information content (AvgIpc) is 2.90. The van der Waals surface area contributed by atoms with Gasteiger partial charge in [-0.15, -0.1) is 0 Å². The molecule has 0 unspecified atom stereocenters. The van der Waals surface area contributed by atoms with Gasteiger partial charge in [-0.25, -0.2) is 0 Å². The number of hydrogen-bond acceptors (Lipinski definition) is 4. The molecule has 0 bridgehead atoms. The summed E-state index contributed by atoms with van der Waals surface area (Å²) >= 11 is 0. The van der Waals surface area contributed by atoms with Crippen molar-refractivity contribution in [2.75, 3.05) is 6.54 Å². The van der Waals surface area contributed by atoms with Gasteiger partial charge in [0.25, 0.3) is 17.7 Å². The van der Waals surface area contributed by atoms with Gasteiger partial charge in [-0.05, 0) is 50.8 Å². The molecule has 144 valence electrons. The van der Waals surface area contributed by atoms with Gasteiger partial charge in [0.2, 0.25) is 0 Å². The van der Waals surface area contributed by atoms with Crippen LogP contribution in [-0.4, -0.2) is 46.3 Å². The van der Waals surface area contributed by atoms with Crippen LogP contribution in [0.15, 0.2) is 18.2 Å². The minimum atomic E-state index is -0.815. The van der Waals surface area contributed by atoms with Crippen molar-refractivity contribution in [3.8, 4) is 0 Å². The highest BCUT2D eigenvalue weighted by atomic mass is 16.4. The Labute approximate surface area is 157 Å². The van der Waals surface area contributed by atoms with Crippen LogP contribution in [0.25, 0.3) is 0 Å². The summed E-state index contributed by atoms with van der Waals surface area (Å²) in [5.74, 6) is -2.44. The third-order valence-electron chi connectivity index (χ3n) is 5.45. The van der Waals surface area contributed by atoms with Crippen LogP contribution >= 0.6 is 0 Å². The van der Waals surface area contributed by atoms with Crippen LogP contribution in [-0.2, 0) is 4.79 Å². The summed E-state index contributed by atoms with van der Waals surface area (Å²) in [7, 11) is 0. The van der Waals surface area contributed by atoms with E-state index in [9.17, 15) is 24.3 Å². The Balaban J connectivity index is 1.71. The van der Waals surface area contributed by atoms with Crippen LogP contribution in [0.5, 0.6) is 0 Å². The van der Waals surface area contributed by atoms with Gasteiger partial charge in [0.15, 0.2) is 0 Å². The molecule has 7 nitrogen and oxygen atoms in total. The fourth-order valence-corrected chi connectivity index (χ4v) is 3.97. The quantitative estimate of drug-likeness (QED) is 0.772. The van der Waals surface area contributed by atoms with E-state index in [1.54, 1.807) is 13.8 Å². The van der Waals surface area contributed by atoms with Gasteiger partial charge in [-0.3, -0.25) is 24.1 Å². The van der Waals surface area contributed by atoms with Crippen molar-refractivity contribution in [2.45, 2.75) is 45.6 Å². The summed E-state index contributed by atoms with van der Waals surface area (Å²) in [5.41, 5.74) is 0.842. The molecule has 27 heavy (non-hydrogen) atoms. The van der Waals surface area contributed by atoms with Crippen molar-refractivity contribution in [3.63, 3.8) is 0 Å². The first-order valence-electron chi connectivity index (χ1n) is 9.34. The monoisotopic (exact) mass is 372 g/mol. The van der Waals surface area contributed by atoms with Crippen LogP contribution in [0.3, 0.4) is 0 Å². The van der Waals surface area contributed by atoms with Crippen molar-refractivity contribution in [1.82, 2.24) is 10.2 Å². The number of carbonyl (C=O) groups is 4. The predicted octanol–water partition coefficient (Wildman–Crippen LogP) is 2.31. The second-order valence-electron chi connectivity index (χ2n) is 7.53. The molecule has 0 saturated heterocycles. The minimum Gasteiger partial charge on any atom is -0.481 e. The molecule has 1 aromatic rings. The molecule has 2 aliphatic rings. The smallest absolute Gasteiger partial charge is 0.306 e. The van der Waals surface area contributed by atoms with Gasteiger partial charge in [0.1, 0.15) is 0 Å². The highest BCUT2D eigenvalue weighted by Crippen LogP contribution is 2.30. The number of nitrogens with zero attached hydrogens (tertiary/aromatic N) is 1. The minimum absolute atomic E-state index is 0.0886. The normalized spacial score (nSPS) is 22.1. The van der Waals surface area contributed by atoms with E-state index in [0.717, 1.165) is 19.3 Å². The summed E-state index contributed by atoms with van der Waals surface area (Å²) in [6, 6.07) is 4.23. The van der Waals surface area contributed by atoms with Gasteiger partial charge in [0, 0.05) is 18.2 Å². The number of carboxylic acid groups (broad SMARTS) is 1. The summed E-state index contributed by atoms with van der Waals surface area (Å²) in [4.78, 5) is 49.8. The van der Waals surface area contributed by atoms with Crippen LogP contribution in [0.4, 0.5) is 0 Å². The number of benzene rings is 1. The van der Waals surface area contributed by atoms with E-state index in [2.05, 4.69) is 5.32 Å². The van der Waals surface area contributed by atoms with Crippen molar-refractivity contribution in [2.24, 2.45) is 11.8 Å².